The van der Waals surface area contributed by atoms with E-state index in [0.29, 0.717) is 54.7 Å². The van der Waals surface area contributed by atoms with Crippen molar-refractivity contribution in [1.29, 1.82) is 0 Å². The first-order valence-electron chi connectivity index (χ1n) is 11.0. The lowest BCUT2D eigenvalue weighted by Crippen LogP contribution is -2.44. The number of halogens is 2. The molecule has 1 atom stereocenters. The fraction of sp³-hybridized carbons (Fsp3) is 0.400. The van der Waals surface area contributed by atoms with Crippen LogP contribution in [0.3, 0.4) is 0 Å². The molecule has 0 saturated carbocycles. The SMILES string of the molecule is COc1ccc2ncc(Cl)c(C(F)CCC3(C(=O)O)CCN(CC#Cc4cncs4)CC3)c2c1. The average Bonchev–Trinajstić information content (AvgIpc) is 3.36. The number of benzene rings is 1. The number of carbonyl (C=O) groups is 1. The minimum Gasteiger partial charge on any atom is -0.497 e. The molecular weight excluding hydrogens is 477 g/mol. The third-order valence-electron chi connectivity index (χ3n) is 6.47. The van der Waals surface area contributed by atoms with Crippen LogP contribution in [0.1, 0.15) is 42.3 Å². The molecule has 0 spiro atoms. The summed E-state index contributed by atoms with van der Waals surface area (Å²) in [7, 11) is 1.54. The molecule has 3 aromatic rings. The predicted molar refractivity (Wildman–Crippen MR) is 131 cm³/mol. The van der Waals surface area contributed by atoms with Gasteiger partial charge in [-0.15, -0.1) is 11.3 Å². The zero-order valence-electron chi connectivity index (χ0n) is 18.8. The van der Waals surface area contributed by atoms with Crippen LogP contribution in [0.25, 0.3) is 10.9 Å². The predicted octanol–water partition coefficient (Wildman–Crippen LogP) is 5.36. The third kappa shape index (κ3) is 5.33. The molecule has 9 heteroatoms. The molecule has 1 N–H and O–H groups in total. The van der Waals surface area contributed by atoms with E-state index in [-0.39, 0.29) is 17.9 Å². The molecule has 178 valence electrons. The second-order valence-corrected chi connectivity index (χ2v) is 9.73. The number of methoxy groups -OCH3 is 1. The zero-order chi connectivity index (χ0) is 24.1. The first-order chi connectivity index (χ1) is 16.4. The number of carboxylic acid groups (broad SMARTS) is 1. The standard InChI is InChI=1S/C25H25ClFN3O3S/c1-33-17-4-5-22-19(13-17)23(20(26)15-29-22)21(27)6-7-25(24(31)32)8-11-30(12-9-25)10-2-3-18-14-28-16-34-18/h4-5,13-16,21H,6-12H2,1H3,(H,31,32). The topological polar surface area (TPSA) is 75.6 Å². The number of ether oxygens (including phenoxy) is 1. The lowest BCUT2D eigenvalue weighted by molar-refractivity contribution is -0.152. The molecular formula is C25H25ClFN3O3S. The van der Waals surface area contributed by atoms with E-state index >= 15 is 4.39 Å². The molecule has 4 rings (SSSR count). The second-order valence-electron chi connectivity index (χ2n) is 8.44. The van der Waals surface area contributed by atoms with Crippen LogP contribution in [-0.4, -0.2) is 52.7 Å². The fourth-order valence-corrected chi connectivity index (χ4v) is 5.14. The maximum atomic E-state index is 15.5. The number of piperidine rings is 1. The number of fused-ring (bicyclic) bond motifs is 1. The summed E-state index contributed by atoms with van der Waals surface area (Å²) in [4.78, 5) is 23.6. The number of carboxylic acids is 1. The van der Waals surface area contributed by atoms with E-state index in [1.165, 1.54) is 17.5 Å². The van der Waals surface area contributed by atoms with E-state index in [4.69, 9.17) is 16.3 Å². The van der Waals surface area contributed by atoms with E-state index in [1.807, 2.05) is 0 Å². The highest BCUT2D eigenvalue weighted by Gasteiger charge is 2.41. The van der Waals surface area contributed by atoms with E-state index < -0.39 is 17.6 Å². The van der Waals surface area contributed by atoms with Gasteiger partial charge in [0.2, 0.25) is 0 Å². The van der Waals surface area contributed by atoms with Gasteiger partial charge in [0.15, 0.2) is 0 Å². The van der Waals surface area contributed by atoms with Gasteiger partial charge in [-0.1, -0.05) is 23.4 Å². The Morgan fingerprint density at radius 1 is 1.38 bits per heavy atom. The van der Waals surface area contributed by atoms with Gasteiger partial charge in [0.1, 0.15) is 11.9 Å². The summed E-state index contributed by atoms with van der Waals surface area (Å²) in [5.74, 6) is 5.91. The van der Waals surface area contributed by atoms with E-state index in [1.54, 1.807) is 37.0 Å². The molecule has 0 amide bonds. The molecule has 2 aromatic heterocycles. The molecule has 34 heavy (non-hydrogen) atoms. The van der Waals surface area contributed by atoms with Gasteiger partial charge in [-0.2, -0.15) is 0 Å². The zero-order valence-corrected chi connectivity index (χ0v) is 20.3. The number of pyridine rings is 1. The summed E-state index contributed by atoms with van der Waals surface area (Å²) in [5.41, 5.74) is 1.73. The van der Waals surface area contributed by atoms with Crippen LogP contribution in [0, 0.1) is 17.3 Å². The van der Waals surface area contributed by atoms with Crippen molar-refractivity contribution in [3.63, 3.8) is 0 Å². The molecule has 1 fully saturated rings. The van der Waals surface area contributed by atoms with Gasteiger partial charge in [0, 0.05) is 30.2 Å². The van der Waals surface area contributed by atoms with Crippen LogP contribution in [-0.2, 0) is 4.79 Å². The second kappa shape index (κ2) is 10.7. The van der Waals surface area contributed by atoms with Crippen molar-refractivity contribution in [1.82, 2.24) is 14.9 Å². The highest BCUT2D eigenvalue weighted by atomic mass is 35.5. The molecule has 1 aromatic carbocycles. The van der Waals surface area contributed by atoms with Crippen molar-refractivity contribution >= 4 is 39.8 Å². The number of nitrogens with zero attached hydrogens (tertiary/aromatic N) is 3. The quantitative estimate of drug-likeness (QED) is 0.439. The van der Waals surface area contributed by atoms with Gasteiger partial charge >= 0.3 is 5.97 Å². The summed E-state index contributed by atoms with van der Waals surface area (Å²) in [5, 5.41) is 10.8. The molecule has 0 radical (unpaired) electrons. The van der Waals surface area contributed by atoms with E-state index in [2.05, 4.69) is 26.7 Å². The number of rotatable bonds is 7. The Hall–Kier alpha value is -2.73. The molecule has 1 aliphatic heterocycles. The van der Waals surface area contributed by atoms with E-state index in [9.17, 15) is 9.90 Å². The van der Waals surface area contributed by atoms with Crippen molar-refractivity contribution < 1.29 is 19.0 Å². The molecule has 3 heterocycles. The average molecular weight is 502 g/mol. The van der Waals surface area contributed by atoms with Crippen LogP contribution in [0.4, 0.5) is 4.39 Å². The van der Waals surface area contributed by atoms with Gasteiger partial charge < -0.3 is 9.84 Å². The van der Waals surface area contributed by atoms with Crippen LogP contribution >= 0.6 is 22.9 Å². The lowest BCUT2D eigenvalue weighted by Gasteiger charge is -2.38. The Morgan fingerprint density at radius 3 is 2.85 bits per heavy atom. The van der Waals surface area contributed by atoms with Crippen molar-refractivity contribution in [2.75, 3.05) is 26.7 Å². The van der Waals surface area contributed by atoms with Crippen LogP contribution < -0.4 is 4.74 Å². The molecule has 1 unspecified atom stereocenters. The molecule has 0 bridgehead atoms. The third-order valence-corrected chi connectivity index (χ3v) is 7.46. The normalized spacial score (nSPS) is 16.6. The van der Waals surface area contributed by atoms with Gasteiger partial charge in [0.05, 0.1) is 46.2 Å². The Balaban J connectivity index is 1.43. The number of hydrogen-bond donors (Lipinski definition) is 1. The number of aromatic nitrogens is 2. The largest absolute Gasteiger partial charge is 0.497 e. The summed E-state index contributed by atoms with van der Waals surface area (Å²) in [6, 6.07) is 5.23. The highest BCUT2D eigenvalue weighted by Crippen LogP contribution is 2.42. The highest BCUT2D eigenvalue weighted by molar-refractivity contribution is 7.10. The Kier molecular flexibility index (Phi) is 7.67. The first-order valence-corrected chi connectivity index (χ1v) is 12.3. The maximum absolute atomic E-state index is 15.5. The maximum Gasteiger partial charge on any atom is 0.309 e. The van der Waals surface area contributed by atoms with Gasteiger partial charge in [-0.25, -0.2) is 4.39 Å². The van der Waals surface area contributed by atoms with Gasteiger partial charge in [-0.3, -0.25) is 19.7 Å². The minimum atomic E-state index is -1.41. The smallest absolute Gasteiger partial charge is 0.309 e. The number of hydrogen-bond acceptors (Lipinski definition) is 6. The molecule has 0 aliphatic carbocycles. The van der Waals surface area contributed by atoms with Gasteiger partial charge in [-0.05, 0) is 43.9 Å². The van der Waals surface area contributed by atoms with E-state index in [0.717, 1.165) is 4.88 Å². The van der Waals surface area contributed by atoms with Crippen molar-refractivity contribution in [2.24, 2.45) is 5.41 Å². The number of likely N-dealkylation sites (tertiary alicyclic amines) is 1. The van der Waals surface area contributed by atoms with Crippen molar-refractivity contribution in [3.05, 3.63) is 51.6 Å². The monoisotopic (exact) mass is 501 g/mol. The van der Waals surface area contributed by atoms with Crippen molar-refractivity contribution in [2.45, 2.75) is 31.9 Å². The minimum absolute atomic E-state index is 0.0630. The summed E-state index contributed by atoms with van der Waals surface area (Å²) < 4.78 is 20.8. The summed E-state index contributed by atoms with van der Waals surface area (Å²) >= 11 is 7.82. The molecule has 1 saturated heterocycles. The number of alkyl halides is 1. The first kappa shape index (κ1) is 24.4. The van der Waals surface area contributed by atoms with Crippen LogP contribution in [0.2, 0.25) is 5.02 Å². The molecule has 6 nitrogen and oxygen atoms in total. The number of thiazole rings is 1. The van der Waals surface area contributed by atoms with Crippen molar-refractivity contribution in [3.8, 4) is 17.6 Å². The fourth-order valence-electron chi connectivity index (χ4n) is 4.39. The van der Waals surface area contributed by atoms with Crippen LogP contribution in [0.5, 0.6) is 5.75 Å². The summed E-state index contributed by atoms with van der Waals surface area (Å²) in [6.45, 7) is 1.79. The Labute approximate surface area is 206 Å². The van der Waals surface area contributed by atoms with Crippen LogP contribution in [0.15, 0.2) is 36.1 Å². The Bertz CT molecular complexity index is 1220. The van der Waals surface area contributed by atoms with Gasteiger partial charge in [0.25, 0.3) is 0 Å². The lowest BCUT2D eigenvalue weighted by atomic mass is 9.74. The Morgan fingerprint density at radius 2 is 2.18 bits per heavy atom. The number of aliphatic carboxylic acids is 1. The molecule has 1 aliphatic rings. The summed E-state index contributed by atoms with van der Waals surface area (Å²) in [6.07, 6.45) is 2.96.